The number of carboxylic acid groups (broad SMARTS) is 1. The molecule has 0 spiro atoms. The van der Waals surface area contributed by atoms with Crippen LogP contribution < -0.4 is 4.74 Å². The maximum Gasteiger partial charge on any atom is 0.311 e. The van der Waals surface area contributed by atoms with E-state index in [4.69, 9.17) is 9.47 Å². The molecule has 1 amide bonds. The van der Waals surface area contributed by atoms with E-state index in [0.29, 0.717) is 37.5 Å². The van der Waals surface area contributed by atoms with Crippen LogP contribution in [0.3, 0.4) is 0 Å². The molecule has 0 aliphatic carbocycles. The summed E-state index contributed by atoms with van der Waals surface area (Å²) < 4.78 is 10.9. The zero-order chi connectivity index (χ0) is 18.0. The summed E-state index contributed by atoms with van der Waals surface area (Å²) in [5.74, 6) is -0.962. The second kappa shape index (κ2) is 6.84. The molecule has 2 aliphatic rings. The molecule has 2 heterocycles. The molecule has 7 nitrogen and oxygen atoms in total. The molecule has 7 heteroatoms. The Morgan fingerprint density at radius 2 is 2.20 bits per heavy atom. The molecule has 0 bridgehead atoms. The molecule has 0 unspecified atom stereocenters. The SMILES string of the molecule is CC(=O)c1cccc(OCC(=O)N2C[C@H]3COCC[C@@]3(C(=O)O)C2)c1. The summed E-state index contributed by atoms with van der Waals surface area (Å²) in [5, 5.41) is 9.63. The summed E-state index contributed by atoms with van der Waals surface area (Å²) in [6.45, 7) is 2.58. The fourth-order valence-corrected chi connectivity index (χ4v) is 3.53. The molecule has 2 aliphatic heterocycles. The van der Waals surface area contributed by atoms with Crippen molar-refractivity contribution in [1.29, 1.82) is 0 Å². The number of carboxylic acids is 1. The number of Topliss-reactive ketones (excluding diaryl/α,β-unsaturated/α-hetero) is 1. The molecule has 2 saturated heterocycles. The van der Waals surface area contributed by atoms with Gasteiger partial charge in [-0.3, -0.25) is 14.4 Å². The third-order valence-corrected chi connectivity index (χ3v) is 5.09. The van der Waals surface area contributed by atoms with Gasteiger partial charge in [0, 0.05) is 31.2 Å². The van der Waals surface area contributed by atoms with Crippen LogP contribution in [0.4, 0.5) is 0 Å². The number of aliphatic carboxylic acids is 1. The van der Waals surface area contributed by atoms with Crippen LogP contribution in [0.15, 0.2) is 24.3 Å². The van der Waals surface area contributed by atoms with Crippen molar-refractivity contribution in [2.24, 2.45) is 11.3 Å². The standard InChI is InChI=1S/C18H21NO6/c1-12(20)13-3-2-4-15(7-13)25-10-16(21)19-8-14-9-24-6-5-18(14,11-19)17(22)23/h2-4,7,14H,5-6,8-11H2,1H3,(H,22,23)/t14-,18+/m0/s1. The number of rotatable bonds is 5. The summed E-state index contributed by atoms with van der Waals surface area (Å²) in [7, 11) is 0. The largest absolute Gasteiger partial charge is 0.484 e. The second-order valence-electron chi connectivity index (χ2n) is 6.63. The topological polar surface area (TPSA) is 93.1 Å². The van der Waals surface area contributed by atoms with Crippen LogP contribution in [0.1, 0.15) is 23.7 Å². The van der Waals surface area contributed by atoms with Gasteiger partial charge in [0.05, 0.1) is 12.0 Å². The normalized spacial score (nSPS) is 25.3. The number of hydrogen-bond acceptors (Lipinski definition) is 5. The first-order valence-corrected chi connectivity index (χ1v) is 8.25. The van der Waals surface area contributed by atoms with Gasteiger partial charge in [0.2, 0.25) is 0 Å². The van der Waals surface area contributed by atoms with Crippen molar-refractivity contribution in [2.45, 2.75) is 13.3 Å². The Hall–Kier alpha value is -2.41. The highest BCUT2D eigenvalue weighted by Gasteiger charge is 2.54. The lowest BCUT2D eigenvalue weighted by atomic mass is 9.74. The highest BCUT2D eigenvalue weighted by atomic mass is 16.5. The van der Waals surface area contributed by atoms with E-state index in [1.54, 1.807) is 29.2 Å². The van der Waals surface area contributed by atoms with Crippen LogP contribution in [-0.2, 0) is 14.3 Å². The Kier molecular flexibility index (Phi) is 4.76. The predicted molar refractivity (Wildman–Crippen MR) is 87.5 cm³/mol. The number of ketones is 1. The maximum atomic E-state index is 12.4. The van der Waals surface area contributed by atoms with Crippen LogP contribution >= 0.6 is 0 Å². The van der Waals surface area contributed by atoms with E-state index in [-0.39, 0.29) is 30.8 Å². The van der Waals surface area contributed by atoms with Gasteiger partial charge in [0.1, 0.15) is 5.75 Å². The van der Waals surface area contributed by atoms with Crippen LogP contribution in [0.25, 0.3) is 0 Å². The van der Waals surface area contributed by atoms with Crippen molar-refractivity contribution in [1.82, 2.24) is 4.90 Å². The minimum atomic E-state index is -0.914. The number of ether oxygens (including phenoxy) is 2. The van der Waals surface area contributed by atoms with Crippen molar-refractivity contribution in [3.63, 3.8) is 0 Å². The zero-order valence-electron chi connectivity index (χ0n) is 14.1. The molecule has 1 aromatic carbocycles. The van der Waals surface area contributed by atoms with Gasteiger partial charge < -0.3 is 19.5 Å². The highest BCUT2D eigenvalue weighted by Crippen LogP contribution is 2.42. The number of carbonyl (C=O) groups excluding carboxylic acids is 2. The molecule has 3 rings (SSSR count). The number of nitrogens with zero attached hydrogens (tertiary/aromatic N) is 1. The van der Waals surface area contributed by atoms with Gasteiger partial charge in [-0.1, -0.05) is 12.1 Å². The monoisotopic (exact) mass is 347 g/mol. The molecule has 0 radical (unpaired) electrons. The Bertz CT molecular complexity index is 703. The first kappa shape index (κ1) is 17.4. The number of amides is 1. The Morgan fingerprint density at radius 1 is 1.40 bits per heavy atom. The molecule has 25 heavy (non-hydrogen) atoms. The zero-order valence-corrected chi connectivity index (χ0v) is 14.1. The van der Waals surface area contributed by atoms with Gasteiger partial charge in [-0.05, 0) is 25.5 Å². The third-order valence-electron chi connectivity index (χ3n) is 5.09. The first-order valence-electron chi connectivity index (χ1n) is 8.25. The first-order chi connectivity index (χ1) is 11.9. The number of hydrogen-bond donors (Lipinski definition) is 1. The lowest BCUT2D eigenvalue weighted by Crippen LogP contribution is -2.45. The van der Waals surface area contributed by atoms with E-state index in [9.17, 15) is 19.5 Å². The molecule has 0 aromatic heterocycles. The van der Waals surface area contributed by atoms with Crippen LogP contribution in [0, 0.1) is 11.3 Å². The summed E-state index contributed by atoms with van der Waals surface area (Å²) in [4.78, 5) is 37.1. The molecule has 2 atom stereocenters. The molecule has 1 aromatic rings. The molecule has 134 valence electrons. The van der Waals surface area contributed by atoms with E-state index in [2.05, 4.69) is 0 Å². The van der Waals surface area contributed by atoms with Gasteiger partial charge in [0.15, 0.2) is 12.4 Å². The van der Waals surface area contributed by atoms with E-state index in [1.165, 1.54) is 6.92 Å². The van der Waals surface area contributed by atoms with E-state index in [1.807, 2.05) is 0 Å². The van der Waals surface area contributed by atoms with E-state index in [0.717, 1.165) is 0 Å². The van der Waals surface area contributed by atoms with Gasteiger partial charge in [0.25, 0.3) is 5.91 Å². The van der Waals surface area contributed by atoms with Gasteiger partial charge >= 0.3 is 5.97 Å². The number of fused-ring (bicyclic) bond motifs is 1. The van der Waals surface area contributed by atoms with Crippen molar-refractivity contribution in [3.05, 3.63) is 29.8 Å². The third kappa shape index (κ3) is 3.37. The summed E-state index contributed by atoms with van der Waals surface area (Å²) >= 11 is 0. The fourth-order valence-electron chi connectivity index (χ4n) is 3.53. The van der Waals surface area contributed by atoms with Gasteiger partial charge in [-0.2, -0.15) is 0 Å². The van der Waals surface area contributed by atoms with Crippen LogP contribution in [0.2, 0.25) is 0 Å². The second-order valence-corrected chi connectivity index (χ2v) is 6.63. The van der Waals surface area contributed by atoms with E-state index < -0.39 is 11.4 Å². The molecule has 0 saturated carbocycles. The lowest BCUT2D eigenvalue weighted by Gasteiger charge is -2.33. The molecule has 1 N–H and O–H groups in total. The quantitative estimate of drug-likeness (QED) is 0.805. The van der Waals surface area contributed by atoms with Gasteiger partial charge in [-0.15, -0.1) is 0 Å². The number of carbonyl (C=O) groups is 3. The lowest BCUT2D eigenvalue weighted by molar-refractivity contribution is -0.157. The minimum absolute atomic E-state index is 0.0798. The Morgan fingerprint density at radius 3 is 2.88 bits per heavy atom. The maximum absolute atomic E-state index is 12.4. The van der Waals surface area contributed by atoms with Crippen molar-refractivity contribution >= 4 is 17.7 Å². The smallest absolute Gasteiger partial charge is 0.311 e. The minimum Gasteiger partial charge on any atom is -0.484 e. The highest BCUT2D eigenvalue weighted by molar-refractivity contribution is 5.94. The van der Waals surface area contributed by atoms with Gasteiger partial charge in [-0.25, -0.2) is 0 Å². The average molecular weight is 347 g/mol. The Labute approximate surface area is 145 Å². The van der Waals surface area contributed by atoms with Crippen molar-refractivity contribution < 1.29 is 29.0 Å². The molecule has 2 fully saturated rings. The van der Waals surface area contributed by atoms with Crippen molar-refractivity contribution in [3.8, 4) is 5.75 Å². The van der Waals surface area contributed by atoms with Crippen molar-refractivity contribution in [2.75, 3.05) is 32.9 Å². The summed E-state index contributed by atoms with van der Waals surface area (Å²) in [6.07, 6.45) is 0.415. The molecular formula is C18H21NO6. The summed E-state index contributed by atoms with van der Waals surface area (Å²) in [5.41, 5.74) is -0.401. The van der Waals surface area contributed by atoms with E-state index >= 15 is 0 Å². The number of likely N-dealkylation sites (tertiary alicyclic amines) is 1. The average Bonchev–Trinajstić information content (AvgIpc) is 3.01. The van der Waals surface area contributed by atoms with Crippen LogP contribution in [0.5, 0.6) is 5.75 Å². The predicted octanol–water partition coefficient (Wildman–Crippen LogP) is 1.22. The fraction of sp³-hybridized carbons (Fsp3) is 0.500. The Balaban J connectivity index is 1.63. The molecular weight excluding hydrogens is 326 g/mol. The number of benzene rings is 1. The van der Waals surface area contributed by atoms with Crippen LogP contribution in [-0.4, -0.2) is 60.6 Å². The summed E-state index contributed by atoms with van der Waals surface area (Å²) in [6, 6.07) is 6.64.